The van der Waals surface area contributed by atoms with Gasteiger partial charge in [0.05, 0.1) is 25.4 Å². The Morgan fingerprint density at radius 1 is 1.07 bits per heavy atom. The van der Waals surface area contributed by atoms with Crippen molar-refractivity contribution in [3.05, 3.63) is 78.0 Å². The molecule has 1 heterocycles. The molecule has 0 aliphatic rings. The van der Waals surface area contributed by atoms with Gasteiger partial charge in [0.2, 0.25) is 0 Å². The molecule has 2 aromatic carbocycles. The van der Waals surface area contributed by atoms with Crippen LogP contribution >= 0.6 is 0 Å². The highest BCUT2D eigenvalue weighted by molar-refractivity contribution is 7.91. The van der Waals surface area contributed by atoms with Crippen LogP contribution in [0.2, 0.25) is 0 Å². The number of nitrogens with one attached hydrogen (secondary N) is 1. The fraction of sp³-hybridized carbons (Fsp3) is 0.190. The summed E-state index contributed by atoms with van der Waals surface area (Å²) >= 11 is 0. The highest BCUT2D eigenvalue weighted by Crippen LogP contribution is 2.30. The van der Waals surface area contributed by atoms with E-state index in [0.717, 1.165) is 12.1 Å². The normalized spacial score (nSPS) is 12.2. The first-order chi connectivity index (χ1) is 14.4. The number of ether oxygens (including phenoxy) is 2. The van der Waals surface area contributed by atoms with Crippen molar-refractivity contribution < 1.29 is 31.5 Å². The van der Waals surface area contributed by atoms with E-state index >= 15 is 0 Å². The van der Waals surface area contributed by atoms with Crippen molar-refractivity contribution in [2.45, 2.75) is 10.1 Å². The van der Waals surface area contributed by atoms with Gasteiger partial charge in [-0.25, -0.2) is 12.8 Å². The van der Waals surface area contributed by atoms with Crippen LogP contribution in [-0.4, -0.2) is 35.1 Å². The Balaban J connectivity index is 1.85. The zero-order chi connectivity index (χ0) is 21.7. The molecule has 7 nitrogen and oxygen atoms in total. The molecule has 0 radical (unpaired) electrons. The minimum atomic E-state index is -3.96. The molecule has 1 amide bonds. The van der Waals surface area contributed by atoms with Crippen LogP contribution in [0.1, 0.15) is 21.4 Å². The van der Waals surface area contributed by atoms with Gasteiger partial charge in [0, 0.05) is 12.1 Å². The van der Waals surface area contributed by atoms with E-state index < -0.39 is 26.8 Å². The molecule has 1 N–H and O–H groups in total. The van der Waals surface area contributed by atoms with Crippen molar-refractivity contribution in [2.75, 3.05) is 20.8 Å². The number of hydrogen-bond donors (Lipinski definition) is 1. The standard InChI is InChI=1S/C21H20FNO6S/c1-27-17-10-5-14(12-19(17)28-2)21(24)23-13-20(18-4-3-11-29-18)30(25,26)16-8-6-15(22)7-9-16/h3-12,20H,13H2,1-2H3,(H,23,24)/t20-/m0/s1. The molecule has 3 rings (SSSR count). The number of hydrogen-bond acceptors (Lipinski definition) is 6. The second kappa shape index (κ2) is 9.00. The van der Waals surface area contributed by atoms with Crippen LogP contribution in [0.4, 0.5) is 4.39 Å². The topological polar surface area (TPSA) is 94.8 Å². The Labute approximate surface area is 173 Å². The molecule has 0 aliphatic carbocycles. The molecule has 0 unspecified atom stereocenters. The Morgan fingerprint density at radius 3 is 2.37 bits per heavy atom. The van der Waals surface area contributed by atoms with Crippen molar-refractivity contribution in [1.82, 2.24) is 5.32 Å². The van der Waals surface area contributed by atoms with Gasteiger partial charge in [-0.05, 0) is 54.6 Å². The molecule has 9 heteroatoms. The third-order valence-electron chi connectivity index (χ3n) is 4.47. The number of benzene rings is 2. The third-order valence-corrected chi connectivity index (χ3v) is 6.55. The van der Waals surface area contributed by atoms with Gasteiger partial charge >= 0.3 is 0 Å². The monoisotopic (exact) mass is 433 g/mol. The van der Waals surface area contributed by atoms with Gasteiger partial charge in [-0.15, -0.1) is 0 Å². The van der Waals surface area contributed by atoms with Gasteiger partial charge in [-0.1, -0.05) is 0 Å². The fourth-order valence-corrected chi connectivity index (χ4v) is 4.48. The average molecular weight is 433 g/mol. The van der Waals surface area contributed by atoms with E-state index in [0.29, 0.717) is 11.5 Å². The van der Waals surface area contributed by atoms with Crippen LogP contribution in [0.5, 0.6) is 11.5 Å². The van der Waals surface area contributed by atoms with Crippen LogP contribution in [0.25, 0.3) is 0 Å². The van der Waals surface area contributed by atoms with E-state index in [4.69, 9.17) is 13.9 Å². The summed E-state index contributed by atoms with van der Waals surface area (Å²) in [4.78, 5) is 12.5. The summed E-state index contributed by atoms with van der Waals surface area (Å²) < 4.78 is 55.0. The average Bonchev–Trinajstić information content (AvgIpc) is 3.27. The summed E-state index contributed by atoms with van der Waals surface area (Å²) in [6.07, 6.45) is 1.35. The SMILES string of the molecule is COc1ccc(C(=O)NC[C@@H](c2ccco2)S(=O)(=O)c2ccc(F)cc2)cc1OC. The zero-order valence-corrected chi connectivity index (χ0v) is 17.1. The van der Waals surface area contributed by atoms with Crippen molar-refractivity contribution >= 4 is 15.7 Å². The second-order valence-corrected chi connectivity index (χ2v) is 8.41. The Bertz CT molecular complexity index is 1110. The first kappa shape index (κ1) is 21.4. The van der Waals surface area contributed by atoms with E-state index in [2.05, 4.69) is 5.32 Å². The summed E-state index contributed by atoms with van der Waals surface area (Å²) in [6, 6.07) is 12.1. The van der Waals surface area contributed by atoms with Crippen LogP contribution in [0.3, 0.4) is 0 Å². The molecule has 30 heavy (non-hydrogen) atoms. The maximum Gasteiger partial charge on any atom is 0.251 e. The minimum absolute atomic E-state index is 0.0781. The summed E-state index contributed by atoms with van der Waals surface area (Å²) in [5, 5.41) is 1.42. The van der Waals surface area contributed by atoms with Crippen molar-refractivity contribution in [3.8, 4) is 11.5 Å². The molecule has 0 bridgehead atoms. The number of methoxy groups -OCH3 is 2. The van der Waals surface area contributed by atoms with Gasteiger partial charge in [0.1, 0.15) is 16.8 Å². The number of rotatable bonds is 8. The van der Waals surface area contributed by atoms with Crippen molar-refractivity contribution in [3.63, 3.8) is 0 Å². The number of furan rings is 1. The van der Waals surface area contributed by atoms with E-state index in [1.807, 2.05) is 0 Å². The highest BCUT2D eigenvalue weighted by Gasteiger charge is 2.32. The van der Waals surface area contributed by atoms with Gasteiger partial charge in [-0.2, -0.15) is 0 Å². The fourth-order valence-electron chi connectivity index (χ4n) is 2.89. The smallest absolute Gasteiger partial charge is 0.251 e. The van der Waals surface area contributed by atoms with Gasteiger partial charge in [0.15, 0.2) is 21.3 Å². The minimum Gasteiger partial charge on any atom is -0.493 e. The predicted molar refractivity (Wildman–Crippen MR) is 107 cm³/mol. The first-order valence-corrected chi connectivity index (χ1v) is 10.4. The maximum absolute atomic E-state index is 13.2. The molecule has 1 aromatic heterocycles. The Hall–Kier alpha value is -3.33. The van der Waals surface area contributed by atoms with Crippen LogP contribution in [0, 0.1) is 5.82 Å². The molecular formula is C21H20FNO6S. The Kier molecular flexibility index (Phi) is 6.41. The largest absolute Gasteiger partial charge is 0.493 e. The number of amides is 1. The second-order valence-electron chi connectivity index (χ2n) is 6.28. The lowest BCUT2D eigenvalue weighted by Gasteiger charge is -2.17. The summed E-state index contributed by atoms with van der Waals surface area (Å²) in [5.41, 5.74) is 0.269. The van der Waals surface area contributed by atoms with E-state index in [-0.39, 0.29) is 22.8 Å². The molecule has 0 aliphatic heterocycles. The van der Waals surface area contributed by atoms with E-state index in [1.54, 1.807) is 12.1 Å². The number of carbonyl (C=O) groups is 1. The van der Waals surface area contributed by atoms with Gasteiger partial charge in [-0.3, -0.25) is 4.79 Å². The van der Waals surface area contributed by atoms with Gasteiger partial charge in [0.25, 0.3) is 5.91 Å². The Morgan fingerprint density at radius 2 is 1.77 bits per heavy atom. The lowest BCUT2D eigenvalue weighted by Crippen LogP contribution is -2.31. The van der Waals surface area contributed by atoms with Crippen LogP contribution in [0.15, 0.2) is 70.2 Å². The van der Waals surface area contributed by atoms with E-state index in [9.17, 15) is 17.6 Å². The predicted octanol–water partition coefficient (Wildman–Crippen LogP) is 3.38. The molecule has 158 valence electrons. The summed E-state index contributed by atoms with van der Waals surface area (Å²) in [7, 11) is -1.04. The summed E-state index contributed by atoms with van der Waals surface area (Å²) in [5.74, 6) is -0.0629. The number of sulfone groups is 1. The lowest BCUT2D eigenvalue weighted by atomic mass is 10.2. The molecule has 0 saturated heterocycles. The molecule has 0 saturated carbocycles. The third kappa shape index (κ3) is 4.46. The van der Waals surface area contributed by atoms with Crippen molar-refractivity contribution in [2.24, 2.45) is 0 Å². The molecule has 0 fully saturated rings. The van der Waals surface area contributed by atoms with Crippen molar-refractivity contribution in [1.29, 1.82) is 0 Å². The highest BCUT2D eigenvalue weighted by atomic mass is 32.2. The first-order valence-electron chi connectivity index (χ1n) is 8.90. The number of carbonyl (C=O) groups excluding carboxylic acids is 1. The van der Waals surface area contributed by atoms with E-state index in [1.165, 1.54) is 50.8 Å². The molecule has 3 aromatic rings. The molecular weight excluding hydrogens is 413 g/mol. The van der Waals surface area contributed by atoms with Gasteiger partial charge < -0.3 is 19.2 Å². The zero-order valence-electron chi connectivity index (χ0n) is 16.3. The number of halogens is 1. The summed E-state index contributed by atoms with van der Waals surface area (Å²) in [6.45, 7) is -0.250. The van der Waals surface area contributed by atoms with Crippen LogP contribution < -0.4 is 14.8 Å². The maximum atomic E-state index is 13.2. The molecule has 1 atom stereocenters. The lowest BCUT2D eigenvalue weighted by molar-refractivity contribution is 0.0953. The molecule has 0 spiro atoms. The quantitative estimate of drug-likeness (QED) is 0.548. The van der Waals surface area contributed by atoms with Crippen LogP contribution in [-0.2, 0) is 9.84 Å².